The lowest BCUT2D eigenvalue weighted by Crippen LogP contribution is -2.38. The lowest BCUT2D eigenvalue weighted by atomic mass is 9.99. The number of benzene rings is 1. The predicted octanol–water partition coefficient (Wildman–Crippen LogP) is 2.67. The summed E-state index contributed by atoms with van der Waals surface area (Å²) in [6.45, 7) is 6.74. The summed E-state index contributed by atoms with van der Waals surface area (Å²) in [5.74, 6) is 0.814. The monoisotopic (exact) mass is 304 g/mol. The van der Waals surface area contributed by atoms with Gasteiger partial charge in [0.05, 0.1) is 24.0 Å². The average molecular weight is 304 g/mol. The highest BCUT2D eigenvalue weighted by Gasteiger charge is 2.19. The van der Waals surface area contributed by atoms with Crippen molar-refractivity contribution in [3.05, 3.63) is 17.7 Å². The van der Waals surface area contributed by atoms with Crippen molar-refractivity contribution in [3.8, 4) is 0 Å². The maximum Gasteiger partial charge on any atom is 0.238 e. The smallest absolute Gasteiger partial charge is 0.238 e. The predicted molar refractivity (Wildman–Crippen MR) is 85.6 cm³/mol. The molecule has 0 radical (unpaired) electrons. The van der Waals surface area contributed by atoms with Gasteiger partial charge in [0.15, 0.2) is 0 Å². The van der Waals surface area contributed by atoms with Crippen LogP contribution in [0.5, 0.6) is 0 Å². The van der Waals surface area contributed by atoms with Gasteiger partial charge in [-0.2, -0.15) is 8.75 Å². The number of nitrogens with one attached hydrogen (secondary N) is 1. The first kappa shape index (κ1) is 14.4. The Labute approximate surface area is 128 Å². The molecular formula is C15H20N4OS. The number of carbonyl (C=O) groups excluding carboxylic acids is 1. The number of carbonyl (C=O) groups is 1. The second-order valence-electron chi connectivity index (χ2n) is 5.90. The summed E-state index contributed by atoms with van der Waals surface area (Å²) in [5.41, 5.74) is 3.46. The van der Waals surface area contributed by atoms with Crippen LogP contribution in [0.4, 0.5) is 5.69 Å². The first-order valence-electron chi connectivity index (χ1n) is 7.37. The minimum absolute atomic E-state index is 0.0353. The Kier molecular flexibility index (Phi) is 4.17. The van der Waals surface area contributed by atoms with E-state index in [1.54, 1.807) is 0 Å². The van der Waals surface area contributed by atoms with E-state index in [1.807, 2.05) is 19.1 Å². The van der Waals surface area contributed by atoms with Crippen molar-refractivity contribution in [2.24, 2.45) is 5.92 Å². The Balaban J connectivity index is 1.69. The molecule has 1 fully saturated rings. The number of aryl methyl sites for hydroxylation is 1. The molecule has 1 aliphatic rings. The SMILES string of the molecule is Cc1ccc2nsnc2c1NC(=O)CN1CCC(C)CC1. The molecule has 6 heteroatoms. The molecule has 5 nitrogen and oxygen atoms in total. The molecule has 0 atom stereocenters. The van der Waals surface area contributed by atoms with Crippen LogP contribution in [0.15, 0.2) is 12.1 Å². The molecule has 0 aliphatic carbocycles. The number of aromatic nitrogens is 2. The van der Waals surface area contributed by atoms with Gasteiger partial charge in [-0.1, -0.05) is 13.0 Å². The maximum absolute atomic E-state index is 12.3. The van der Waals surface area contributed by atoms with Gasteiger partial charge in [-0.25, -0.2) is 0 Å². The topological polar surface area (TPSA) is 58.1 Å². The molecule has 1 aromatic carbocycles. The maximum atomic E-state index is 12.3. The van der Waals surface area contributed by atoms with Crippen LogP contribution in [-0.4, -0.2) is 39.2 Å². The first-order valence-corrected chi connectivity index (χ1v) is 8.10. The molecule has 0 unspecified atom stereocenters. The van der Waals surface area contributed by atoms with Crippen molar-refractivity contribution < 1.29 is 4.79 Å². The Bertz CT molecular complexity index is 646. The lowest BCUT2D eigenvalue weighted by Gasteiger charge is -2.29. The van der Waals surface area contributed by atoms with Gasteiger partial charge in [0.1, 0.15) is 11.0 Å². The van der Waals surface area contributed by atoms with Crippen molar-refractivity contribution in [3.63, 3.8) is 0 Å². The number of nitrogens with zero attached hydrogens (tertiary/aromatic N) is 3. The van der Waals surface area contributed by atoms with Crippen molar-refractivity contribution in [2.45, 2.75) is 26.7 Å². The third kappa shape index (κ3) is 3.22. The normalized spacial score (nSPS) is 17.2. The van der Waals surface area contributed by atoms with Crippen LogP contribution >= 0.6 is 11.7 Å². The van der Waals surface area contributed by atoms with E-state index < -0.39 is 0 Å². The first-order chi connectivity index (χ1) is 10.1. The molecule has 1 aliphatic heterocycles. The summed E-state index contributed by atoms with van der Waals surface area (Å²) in [6.07, 6.45) is 2.36. The quantitative estimate of drug-likeness (QED) is 0.947. The van der Waals surface area contributed by atoms with Gasteiger partial charge in [0, 0.05) is 0 Å². The summed E-state index contributed by atoms with van der Waals surface area (Å²) in [7, 11) is 0. The summed E-state index contributed by atoms with van der Waals surface area (Å²) in [5, 5.41) is 3.02. The molecule has 3 rings (SSSR count). The number of anilines is 1. The lowest BCUT2D eigenvalue weighted by molar-refractivity contribution is -0.117. The zero-order chi connectivity index (χ0) is 14.8. The number of hydrogen-bond acceptors (Lipinski definition) is 5. The Morgan fingerprint density at radius 3 is 2.90 bits per heavy atom. The number of fused-ring (bicyclic) bond motifs is 1. The van der Waals surface area contributed by atoms with Crippen LogP contribution in [0.1, 0.15) is 25.3 Å². The molecule has 1 aromatic heterocycles. The third-order valence-corrected chi connectivity index (χ3v) is 4.69. The van der Waals surface area contributed by atoms with Gasteiger partial charge in [0.2, 0.25) is 5.91 Å². The van der Waals surface area contributed by atoms with E-state index in [0.717, 1.165) is 41.3 Å². The van der Waals surface area contributed by atoms with Crippen molar-refractivity contribution in [1.82, 2.24) is 13.6 Å². The van der Waals surface area contributed by atoms with Crippen molar-refractivity contribution in [2.75, 3.05) is 25.0 Å². The Morgan fingerprint density at radius 1 is 1.38 bits per heavy atom. The zero-order valence-corrected chi connectivity index (χ0v) is 13.2. The Morgan fingerprint density at radius 2 is 2.14 bits per heavy atom. The summed E-state index contributed by atoms with van der Waals surface area (Å²) in [4.78, 5) is 14.5. The minimum atomic E-state index is 0.0353. The highest BCUT2D eigenvalue weighted by molar-refractivity contribution is 7.00. The van der Waals surface area contributed by atoms with Gasteiger partial charge in [0.25, 0.3) is 0 Å². The molecule has 1 saturated heterocycles. The van der Waals surface area contributed by atoms with E-state index in [1.165, 1.54) is 24.6 Å². The molecule has 0 spiro atoms. The molecule has 2 aromatic rings. The largest absolute Gasteiger partial charge is 0.323 e. The number of amides is 1. The standard InChI is InChI=1S/C15H20N4OS/c1-10-5-7-19(8-6-10)9-13(20)16-14-11(2)3-4-12-15(14)18-21-17-12/h3-4,10H,5-9H2,1-2H3,(H,16,20). The van der Waals surface area contributed by atoms with Gasteiger partial charge in [-0.15, -0.1) is 0 Å². The van der Waals surface area contributed by atoms with E-state index in [-0.39, 0.29) is 5.91 Å². The fourth-order valence-electron chi connectivity index (χ4n) is 2.71. The van der Waals surface area contributed by atoms with Crippen LogP contribution in [0.3, 0.4) is 0 Å². The Hall–Kier alpha value is -1.53. The van der Waals surface area contributed by atoms with E-state index in [4.69, 9.17) is 0 Å². The molecule has 0 bridgehead atoms. The molecular weight excluding hydrogens is 284 g/mol. The molecule has 2 heterocycles. The van der Waals surface area contributed by atoms with Crippen LogP contribution in [-0.2, 0) is 4.79 Å². The zero-order valence-electron chi connectivity index (χ0n) is 12.4. The van der Waals surface area contributed by atoms with Crippen LogP contribution in [0.2, 0.25) is 0 Å². The molecule has 21 heavy (non-hydrogen) atoms. The van der Waals surface area contributed by atoms with Crippen molar-refractivity contribution >= 4 is 34.4 Å². The second kappa shape index (κ2) is 6.07. The number of likely N-dealkylation sites (tertiary alicyclic amines) is 1. The van der Waals surface area contributed by atoms with E-state index >= 15 is 0 Å². The second-order valence-corrected chi connectivity index (χ2v) is 6.42. The van der Waals surface area contributed by atoms with Gasteiger partial charge < -0.3 is 5.32 Å². The number of rotatable bonds is 3. The summed E-state index contributed by atoms with van der Waals surface area (Å²) in [6, 6.07) is 3.91. The van der Waals surface area contributed by atoms with Crippen LogP contribution in [0.25, 0.3) is 11.0 Å². The number of hydrogen-bond donors (Lipinski definition) is 1. The fourth-order valence-corrected chi connectivity index (χ4v) is 3.25. The van der Waals surface area contributed by atoms with E-state index in [9.17, 15) is 4.79 Å². The van der Waals surface area contributed by atoms with Crippen molar-refractivity contribution in [1.29, 1.82) is 0 Å². The minimum Gasteiger partial charge on any atom is -0.323 e. The van der Waals surface area contributed by atoms with E-state index in [2.05, 4.69) is 25.9 Å². The summed E-state index contributed by atoms with van der Waals surface area (Å²) < 4.78 is 8.51. The highest BCUT2D eigenvalue weighted by atomic mass is 32.1. The molecule has 1 N–H and O–H groups in total. The molecule has 0 saturated carbocycles. The average Bonchev–Trinajstić information content (AvgIpc) is 2.93. The van der Waals surface area contributed by atoms with Gasteiger partial charge >= 0.3 is 0 Å². The van der Waals surface area contributed by atoms with Crippen LogP contribution in [0, 0.1) is 12.8 Å². The summed E-state index contributed by atoms with van der Waals surface area (Å²) >= 11 is 1.18. The highest BCUT2D eigenvalue weighted by Crippen LogP contribution is 2.25. The third-order valence-electron chi connectivity index (χ3n) is 4.14. The number of piperidine rings is 1. The van der Waals surface area contributed by atoms with Crippen LogP contribution < -0.4 is 5.32 Å². The van der Waals surface area contributed by atoms with Gasteiger partial charge in [-0.3, -0.25) is 9.69 Å². The van der Waals surface area contributed by atoms with E-state index in [0.29, 0.717) is 6.54 Å². The molecule has 112 valence electrons. The van der Waals surface area contributed by atoms with Gasteiger partial charge in [-0.05, 0) is 50.4 Å². The molecule has 1 amide bonds. The fraction of sp³-hybridized carbons (Fsp3) is 0.533.